The number of para-hydroxylation sites is 1. The molecule has 23 heavy (non-hydrogen) atoms. The summed E-state index contributed by atoms with van der Waals surface area (Å²) in [6, 6.07) is 11.8. The largest absolute Gasteiger partial charge is 0.348 e. The number of benzene rings is 1. The van der Waals surface area contributed by atoms with Gasteiger partial charge in [0.15, 0.2) is 0 Å². The van der Waals surface area contributed by atoms with E-state index in [2.05, 4.69) is 15.3 Å². The van der Waals surface area contributed by atoms with Crippen LogP contribution < -0.4 is 10.2 Å². The van der Waals surface area contributed by atoms with Crippen molar-refractivity contribution in [1.29, 1.82) is 0 Å². The van der Waals surface area contributed by atoms with Gasteiger partial charge in [0.05, 0.1) is 0 Å². The third-order valence-corrected chi connectivity index (χ3v) is 3.69. The van der Waals surface area contributed by atoms with Gasteiger partial charge < -0.3 is 10.2 Å². The van der Waals surface area contributed by atoms with Crippen LogP contribution >= 0.6 is 0 Å². The maximum atomic E-state index is 12.3. The van der Waals surface area contributed by atoms with Gasteiger partial charge in [-0.25, -0.2) is 9.97 Å². The first-order valence-corrected chi connectivity index (χ1v) is 8.04. The summed E-state index contributed by atoms with van der Waals surface area (Å²) in [7, 11) is 0. The quantitative estimate of drug-likeness (QED) is 0.887. The van der Waals surface area contributed by atoms with Gasteiger partial charge in [0.25, 0.3) is 5.91 Å². The molecule has 0 bridgehead atoms. The standard InChI is InChI=1S/C18H24N4O/c1-5-13(3)19-17(23)16-12-14(4)20-18(21-16)22(6-2)15-10-8-7-9-11-15/h7-13H,5-6H2,1-4H3,(H,19,23). The number of rotatable bonds is 6. The average molecular weight is 312 g/mol. The monoisotopic (exact) mass is 312 g/mol. The Bertz CT molecular complexity index is 657. The molecule has 0 aliphatic heterocycles. The van der Waals surface area contributed by atoms with Crippen LogP contribution in [0.5, 0.6) is 0 Å². The summed E-state index contributed by atoms with van der Waals surface area (Å²) in [5.41, 5.74) is 2.19. The third kappa shape index (κ3) is 4.28. The normalized spacial score (nSPS) is 11.8. The molecule has 1 unspecified atom stereocenters. The van der Waals surface area contributed by atoms with Crippen LogP contribution in [-0.2, 0) is 0 Å². The Balaban J connectivity index is 2.34. The van der Waals surface area contributed by atoms with Gasteiger partial charge in [-0.1, -0.05) is 25.1 Å². The lowest BCUT2D eigenvalue weighted by Gasteiger charge is -2.22. The molecule has 2 rings (SSSR count). The average Bonchev–Trinajstić information content (AvgIpc) is 2.56. The molecule has 0 spiro atoms. The molecule has 1 atom stereocenters. The fourth-order valence-electron chi connectivity index (χ4n) is 2.24. The van der Waals surface area contributed by atoms with Crippen LogP contribution in [0.1, 0.15) is 43.4 Å². The number of aromatic nitrogens is 2. The van der Waals surface area contributed by atoms with Crippen molar-refractivity contribution < 1.29 is 4.79 Å². The zero-order valence-electron chi connectivity index (χ0n) is 14.2. The number of hydrogen-bond donors (Lipinski definition) is 1. The van der Waals surface area contributed by atoms with Crippen molar-refractivity contribution in [2.75, 3.05) is 11.4 Å². The molecule has 1 N–H and O–H groups in total. The Morgan fingerprint density at radius 2 is 1.91 bits per heavy atom. The number of carbonyl (C=O) groups is 1. The van der Waals surface area contributed by atoms with E-state index in [0.29, 0.717) is 11.6 Å². The number of amides is 1. The maximum absolute atomic E-state index is 12.3. The Hall–Kier alpha value is -2.43. The molecule has 2 aromatic rings. The summed E-state index contributed by atoms with van der Waals surface area (Å²) in [6.07, 6.45) is 0.883. The summed E-state index contributed by atoms with van der Waals surface area (Å²) >= 11 is 0. The molecule has 1 aromatic carbocycles. The summed E-state index contributed by atoms with van der Waals surface area (Å²) in [6.45, 7) is 8.66. The SMILES string of the molecule is CCC(C)NC(=O)c1cc(C)nc(N(CC)c2ccccc2)n1. The van der Waals surface area contributed by atoms with Crippen molar-refractivity contribution in [3.05, 3.63) is 47.8 Å². The predicted molar refractivity (Wildman–Crippen MR) is 93.1 cm³/mol. The topological polar surface area (TPSA) is 58.1 Å². The van der Waals surface area contributed by atoms with Crippen molar-refractivity contribution >= 4 is 17.5 Å². The molecule has 1 amide bonds. The smallest absolute Gasteiger partial charge is 0.270 e. The van der Waals surface area contributed by atoms with E-state index in [1.54, 1.807) is 6.07 Å². The Kier molecular flexibility index (Phi) is 5.68. The van der Waals surface area contributed by atoms with Crippen LogP contribution in [0.25, 0.3) is 0 Å². The Labute approximate surface area is 137 Å². The van der Waals surface area contributed by atoms with E-state index in [-0.39, 0.29) is 11.9 Å². The van der Waals surface area contributed by atoms with Gasteiger partial charge in [0, 0.05) is 24.0 Å². The molecule has 5 heteroatoms. The van der Waals surface area contributed by atoms with Gasteiger partial charge in [0.2, 0.25) is 5.95 Å². The molecule has 0 saturated carbocycles. The Morgan fingerprint density at radius 1 is 1.22 bits per heavy atom. The lowest BCUT2D eigenvalue weighted by molar-refractivity contribution is 0.0934. The highest BCUT2D eigenvalue weighted by Crippen LogP contribution is 2.21. The van der Waals surface area contributed by atoms with Crippen LogP contribution in [0.4, 0.5) is 11.6 Å². The molecule has 1 aromatic heterocycles. The van der Waals surface area contributed by atoms with E-state index < -0.39 is 0 Å². The number of anilines is 2. The van der Waals surface area contributed by atoms with Crippen LogP contribution in [0, 0.1) is 6.92 Å². The van der Waals surface area contributed by atoms with Gasteiger partial charge in [-0.15, -0.1) is 0 Å². The minimum atomic E-state index is -0.157. The molecule has 0 aliphatic carbocycles. The summed E-state index contributed by atoms with van der Waals surface area (Å²) in [5.74, 6) is 0.392. The van der Waals surface area contributed by atoms with E-state index in [1.165, 1.54) is 0 Å². The van der Waals surface area contributed by atoms with Gasteiger partial charge in [-0.3, -0.25) is 4.79 Å². The van der Waals surface area contributed by atoms with E-state index in [9.17, 15) is 4.79 Å². The van der Waals surface area contributed by atoms with Gasteiger partial charge in [0.1, 0.15) is 5.69 Å². The molecular weight excluding hydrogens is 288 g/mol. The fraction of sp³-hybridized carbons (Fsp3) is 0.389. The van der Waals surface area contributed by atoms with E-state index in [1.807, 2.05) is 62.9 Å². The molecule has 0 saturated heterocycles. The minimum Gasteiger partial charge on any atom is -0.348 e. The second kappa shape index (κ2) is 7.72. The highest BCUT2D eigenvalue weighted by molar-refractivity contribution is 5.92. The van der Waals surface area contributed by atoms with Gasteiger partial charge >= 0.3 is 0 Å². The first-order chi connectivity index (χ1) is 11.0. The van der Waals surface area contributed by atoms with E-state index in [0.717, 1.165) is 24.3 Å². The third-order valence-electron chi connectivity index (χ3n) is 3.69. The van der Waals surface area contributed by atoms with Crippen LogP contribution in [-0.4, -0.2) is 28.5 Å². The highest BCUT2D eigenvalue weighted by atomic mass is 16.1. The highest BCUT2D eigenvalue weighted by Gasteiger charge is 2.16. The lowest BCUT2D eigenvalue weighted by atomic mass is 10.2. The molecular formula is C18H24N4O. The maximum Gasteiger partial charge on any atom is 0.270 e. The van der Waals surface area contributed by atoms with Crippen molar-refractivity contribution in [2.24, 2.45) is 0 Å². The fourth-order valence-corrected chi connectivity index (χ4v) is 2.24. The van der Waals surface area contributed by atoms with Crippen molar-refractivity contribution in [2.45, 2.75) is 40.2 Å². The predicted octanol–water partition coefficient (Wildman–Crippen LogP) is 3.47. The van der Waals surface area contributed by atoms with Crippen molar-refractivity contribution in [1.82, 2.24) is 15.3 Å². The van der Waals surface area contributed by atoms with Crippen LogP contribution in [0.3, 0.4) is 0 Å². The second-order valence-electron chi connectivity index (χ2n) is 5.56. The minimum absolute atomic E-state index is 0.123. The number of hydrogen-bond acceptors (Lipinski definition) is 4. The molecule has 1 heterocycles. The van der Waals surface area contributed by atoms with Crippen molar-refractivity contribution in [3.8, 4) is 0 Å². The molecule has 5 nitrogen and oxygen atoms in total. The van der Waals surface area contributed by atoms with Crippen LogP contribution in [0.2, 0.25) is 0 Å². The van der Waals surface area contributed by atoms with E-state index >= 15 is 0 Å². The molecule has 0 aliphatic rings. The van der Waals surface area contributed by atoms with Crippen molar-refractivity contribution in [3.63, 3.8) is 0 Å². The Morgan fingerprint density at radius 3 is 2.52 bits per heavy atom. The molecule has 122 valence electrons. The number of nitrogens with one attached hydrogen (secondary N) is 1. The first-order valence-electron chi connectivity index (χ1n) is 8.04. The van der Waals surface area contributed by atoms with E-state index in [4.69, 9.17) is 0 Å². The summed E-state index contributed by atoms with van der Waals surface area (Å²) in [5, 5.41) is 2.95. The number of nitrogens with zero attached hydrogens (tertiary/aromatic N) is 3. The number of carbonyl (C=O) groups excluding carboxylic acids is 1. The lowest BCUT2D eigenvalue weighted by Crippen LogP contribution is -2.33. The van der Waals surface area contributed by atoms with Gasteiger partial charge in [-0.05, 0) is 45.4 Å². The summed E-state index contributed by atoms with van der Waals surface area (Å²) in [4.78, 5) is 23.3. The van der Waals surface area contributed by atoms with Crippen LogP contribution in [0.15, 0.2) is 36.4 Å². The second-order valence-corrected chi connectivity index (χ2v) is 5.56. The zero-order chi connectivity index (χ0) is 16.8. The zero-order valence-corrected chi connectivity index (χ0v) is 14.2. The van der Waals surface area contributed by atoms with Gasteiger partial charge in [-0.2, -0.15) is 0 Å². The molecule has 0 radical (unpaired) electrons. The number of aryl methyl sites for hydroxylation is 1. The molecule has 0 fully saturated rings. The first kappa shape index (κ1) is 16.9. The summed E-state index contributed by atoms with van der Waals surface area (Å²) < 4.78 is 0.